The molecule has 0 unspecified atom stereocenters. The maximum absolute atomic E-state index is 11.9. The molecule has 102 valence electrons. The summed E-state index contributed by atoms with van der Waals surface area (Å²) in [5, 5.41) is 0.777. The third-order valence-electron chi connectivity index (χ3n) is 2.98. The zero-order valence-corrected chi connectivity index (χ0v) is 11.6. The van der Waals surface area contributed by atoms with Crippen molar-refractivity contribution < 1.29 is 0 Å². The van der Waals surface area contributed by atoms with Crippen molar-refractivity contribution in [2.75, 3.05) is 5.75 Å². The van der Waals surface area contributed by atoms with Crippen LogP contribution in [0.1, 0.15) is 6.42 Å². The van der Waals surface area contributed by atoms with Crippen LogP contribution in [0.25, 0.3) is 11.0 Å². The van der Waals surface area contributed by atoms with Crippen molar-refractivity contribution in [1.82, 2.24) is 19.5 Å². The number of aryl methyl sites for hydroxylation is 1. The number of nitrogens with one attached hydrogen (secondary N) is 1. The normalized spacial score (nSPS) is 11.0. The van der Waals surface area contributed by atoms with Crippen molar-refractivity contribution in [3.63, 3.8) is 0 Å². The lowest BCUT2D eigenvalue weighted by molar-refractivity contribution is 0.679. The number of nitrogens with zero attached hydrogens (tertiary/aromatic N) is 3. The van der Waals surface area contributed by atoms with Gasteiger partial charge in [0, 0.05) is 24.7 Å². The molecule has 20 heavy (non-hydrogen) atoms. The maximum Gasteiger partial charge on any atom is 0.326 e. The first-order valence-corrected chi connectivity index (χ1v) is 7.40. The number of para-hydroxylation sites is 2. The molecule has 0 amide bonds. The number of imidazole rings is 1. The number of aromatic nitrogens is 4. The molecular formula is C14H14N4OS. The smallest absolute Gasteiger partial charge is 0.306 e. The van der Waals surface area contributed by atoms with E-state index in [1.807, 2.05) is 24.3 Å². The van der Waals surface area contributed by atoms with Gasteiger partial charge in [0.15, 0.2) is 5.16 Å². The highest BCUT2D eigenvalue weighted by atomic mass is 32.2. The number of benzene rings is 1. The predicted octanol–water partition coefficient (Wildman–Crippen LogP) is 2.30. The Kier molecular flexibility index (Phi) is 3.83. The van der Waals surface area contributed by atoms with Crippen LogP contribution >= 0.6 is 11.8 Å². The van der Waals surface area contributed by atoms with Crippen LogP contribution in [0.15, 0.2) is 52.7 Å². The lowest BCUT2D eigenvalue weighted by Crippen LogP contribution is -2.17. The van der Waals surface area contributed by atoms with Gasteiger partial charge in [-0.15, -0.1) is 0 Å². The Morgan fingerprint density at radius 2 is 1.95 bits per heavy atom. The van der Waals surface area contributed by atoms with E-state index in [9.17, 15) is 4.79 Å². The summed E-state index contributed by atoms with van der Waals surface area (Å²) in [7, 11) is 0. The van der Waals surface area contributed by atoms with Crippen LogP contribution < -0.4 is 5.69 Å². The standard InChI is InChI=1S/C14H14N4OS/c19-14-17-11-5-1-2-6-12(11)18(14)9-4-10-20-13-15-7-3-8-16-13/h1-3,5-8H,4,9-10H2,(H,17,19). The van der Waals surface area contributed by atoms with Crippen molar-refractivity contribution in [3.8, 4) is 0 Å². The van der Waals surface area contributed by atoms with Gasteiger partial charge in [-0.25, -0.2) is 14.8 Å². The minimum absolute atomic E-state index is 0.0489. The van der Waals surface area contributed by atoms with Gasteiger partial charge >= 0.3 is 5.69 Å². The molecule has 3 aromatic rings. The fraction of sp³-hybridized carbons (Fsp3) is 0.214. The number of rotatable bonds is 5. The van der Waals surface area contributed by atoms with Crippen molar-refractivity contribution in [2.45, 2.75) is 18.1 Å². The fourth-order valence-electron chi connectivity index (χ4n) is 2.07. The van der Waals surface area contributed by atoms with Crippen LogP contribution in [0.5, 0.6) is 0 Å². The molecule has 0 aliphatic rings. The molecule has 1 aromatic carbocycles. The van der Waals surface area contributed by atoms with Gasteiger partial charge in [-0.3, -0.25) is 4.57 Å². The Morgan fingerprint density at radius 3 is 2.80 bits per heavy atom. The molecule has 3 rings (SSSR count). The van der Waals surface area contributed by atoms with Gasteiger partial charge in [-0.05, 0) is 24.6 Å². The Labute approximate surface area is 120 Å². The van der Waals surface area contributed by atoms with E-state index in [-0.39, 0.29) is 5.69 Å². The first-order valence-electron chi connectivity index (χ1n) is 6.42. The minimum atomic E-state index is -0.0489. The first kappa shape index (κ1) is 12.9. The number of H-pyrrole nitrogens is 1. The largest absolute Gasteiger partial charge is 0.326 e. The summed E-state index contributed by atoms with van der Waals surface area (Å²) in [5.41, 5.74) is 1.79. The fourth-order valence-corrected chi connectivity index (χ4v) is 2.80. The number of fused-ring (bicyclic) bond motifs is 1. The second-order valence-corrected chi connectivity index (χ2v) is 5.39. The summed E-state index contributed by atoms with van der Waals surface area (Å²) in [6.45, 7) is 0.697. The van der Waals surface area contributed by atoms with Gasteiger partial charge in [-0.1, -0.05) is 23.9 Å². The van der Waals surface area contributed by atoms with E-state index >= 15 is 0 Å². The van der Waals surface area contributed by atoms with Crippen molar-refractivity contribution >= 4 is 22.8 Å². The molecule has 0 saturated carbocycles. The topological polar surface area (TPSA) is 63.6 Å². The lowest BCUT2D eigenvalue weighted by Gasteiger charge is -2.03. The Bertz CT molecular complexity index is 750. The Hall–Kier alpha value is -2.08. The molecule has 6 heteroatoms. The Balaban J connectivity index is 1.63. The van der Waals surface area contributed by atoms with Crippen LogP contribution in [0.2, 0.25) is 0 Å². The van der Waals surface area contributed by atoms with Gasteiger partial charge < -0.3 is 4.98 Å². The summed E-state index contributed by atoms with van der Waals surface area (Å²) in [5.74, 6) is 0.885. The third kappa shape index (κ3) is 2.75. The molecule has 0 bridgehead atoms. The van der Waals surface area contributed by atoms with E-state index in [2.05, 4.69) is 15.0 Å². The average molecular weight is 286 g/mol. The number of thioether (sulfide) groups is 1. The van der Waals surface area contributed by atoms with E-state index in [0.717, 1.165) is 28.4 Å². The molecule has 0 radical (unpaired) electrons. The highest BCUT2D eigenvalue weighted by Crippen LogP contribution is 2.14. The molecular weight excluding hydrogens is 272 g/mol. The molecule has 0 spiro atoms. The second-order valence-electron chi connectivity index (χ2n) is 4.33. The van der Waals surface area contributed by atoms with Crippen molar-refractivity contribution in [2.24, 2.45) is 0 Å². The summed E-state index contributed by atoms with van der Waals surface area (Å²) >= 11 is 1.61. The van der Waals surface area contributed by atoms with E-state index in [1.54, 1.807) is 34.8 Å². The molecule has 2 aromatic heterocycles. The van der Waals surface area contributed by atoms with Crippen LogP contribution in [-0.4, -0.2) is 25.3 Å². The number of hydrogen-bond acceptors (Lipinski definition) is 4. The van der Waals surface area contributed by atoms with E-state index in [4.69, 9.17) is 0 Å². The summed E-state index contributed by atoms with van der Waals surface area (Å²) in [4.78, 5) is 23.1. The quantitative estimate of drug-likeness (QED) is 0.444. The molecule has 0 saturated heterocycles. The molecule has 0 aliphatic heterocycles. The SMILES string of the molecule is O=c1[nH]c2ccccc2n1CCCSc1ncccn1. The first-order chi connectivity index (χ1) is 9.84. The van der Waals surface area contributed by atoms with Crippen LogP contribution in [-0.2, 0) is 6.54 Å². The molecule has 5 nitrogen and oxygen atoms in total. The number of aromatic amines is 1. The maximum atomic E-state index is 11.9. The summed E-state index contributed by atoms with van der Waals surface area (Å²) in [6, 6.07) is 9.54. The molecule has 2 heterocycles. The minimum Gasteiger partial charge on any atom is -0.306 e. The van der Waals surface area contributed by atoms with Gasteiger partial charge in [0.1, 0.15) is 0 Å². The van der Waals surface area contributed by atoms with Gasteiger partial charge in [0.05, 0.1) is 11.0 Å². The van der Waals surface area contributed by atoms with Crippen molar-refractivity contribution in [1.29, 1.82) is 0 Å². The predicted molar refractivity (Wildman–Crippen MR) is 79.9 cm³/mol. The lowest BCUT2D eigenvalue weighted by atomic mass is 10.3. The zero-order valence-electron chi connectivity index (χ0n) is 10.8. The summed E-state index contributed by atoms with van der Waals surface area (Å²) in [6.07, 6.45) is 4.36. The zero-order chi connectivity index (χ0) is 13.8. The van der Waals surface area contributed by atoms with Crippen LogP contribution in [0.3, 0.4) is 0 Å². The highest BCUT2D eigenvalue weighted by molar-refractivity contribution is 7.99. The second kappa shape index (κ2) is 5.92. The van der Waals surface area contributed by atoms with E-state index in [1.165, 1.54) is 0 Å². The van der Waals surface area contributed by atoms with Crippen molar-refractivity contribution in [3.05, 3.63) is 53.2 Å². The van der Waals surface area contributed by atoms with Crippen LogP contribution in [0, 0.1) is 0 Å². The Morgan fingerprint density at radius 1 is 1.15 bits per heavy atom. The van der Waals surface area contributed by atoms with Crippen LogP contribution in [0.4, 0.5) is 0 Å². The van der Waals surface area contributed by atoms with Gasteiger partial charge in [-0.2, -0.15) is 0 Å². The highest BCUT2D eigenvalue weighted by Gasteiger charge is 2.05. The monoisotopic (exact) mass is 286 g/mol. The molecule has 0 aliphatic carbocycles. The van der Waals surface area contributed by atoms with Gasteiger partial charge in [0.25, 0.3) is 0 Å². The van der Waals surface area contributed by atoms with E-state index in [0.29, 0.717) is 6.54 Å². The molecule has 0 atom stereocenters. The van der Waals surface area contributed by atoms with Gasteiger partial charge in [0.2, 0.25) is 0 Å². The third-order valence-corrected chi connectivity index (χ3v) is 3.94. The molecule has 0 fully saturated rings. The average Bonchev–Trinajstić information content (AvgIpc) is 2.80. The molecule has 1 N–H and O–H groups in total. The van der Waals surface area contributed by atoms with E-state index < -0.39 is 0 Å². The number of hydrogen-bond donors (Lipinski definition) is 1. The summed E-state index contributed by atoms with van der Waals surface area (Å²) < 4.78 is 1.78.